The monoisotopic (exact) mass is 250 g/mol. The molecule has 1 spiro atoms. The van der Waals surface area contributed by atoms with Gasteiger partial charge in [0.15, 0.2) is 0 Å². The van der Waals surface area contributed by atoms with Crippen molar-refractivity contribution < 1.29 is 14.6 Å². The molecule has 2 fully saturated rings. The number of hydrogen-bond acceptors (Lipinski definition) is 3. The minimum Gasteiger partial charge on any atom is -0.465 e. The summed E-state index contributed by atoms with van der Waals surface area (Å²) in [4.78, 5) is 12.4. The van der Waals surface area contributed by atoms with Crippen molar-refractivity contribution in [1.82, 2.24) is 0 Å². The van der Waals surface area contributed by atoms with Gasteiger partial charge in [-0.1, -0.05) is 31.9 Å². The first kappa shape index (κ1) is 12.2. The van der Waals surface area contributed by atoms with E-state index in [1.165, 1.54) is 0 Å². The molecule has 0 radical (unpaired) electrons. The Bertz CT molecular complexity index is 423. The molecule has 3 nitrogen and oxygen atoms in total. The molecule has 0 aromatic rings. The Kier molecular flexibility index (Phi) is 2.44. The van der Waals surface area contributed by atoms with Gasteiger partial charge in [0.05, 0.1) is 18.1 Å². The zero-order chi connectivity index (χ0) is 13.1. The fraction of sp³-hybridized carbons (Fsp3) is 0.800. The third kappa shape index (κ3) is 1.31. The number of cyclic esters (lactones) is 1. The minimum absolute atomic E-state index is 0.00227. The summed E-state index contributed by atoms with van der Waals surface area (Å²) >= 11 is 0. The first-order valence-corrected chi connectivity index (χ1v) is 6.93. The Hall–Kier alpha value is -0.830. The Morgan fingerprint density at radius 1 is 1.39 bits per heavy atom. The lowest BCUT2D eigenvalue weighted by Crippen LogP contribution is -2.56. The largest absolute Gasteiger partial charge is 0.465 e. The van der Waals surface area contributed by atoms with Crippen molar-refractivity contribution in [1.29, 1.82) is 0 Å². The van der Waals surface area contributed by atoms with Crippen molar-refractivity contribution in [2.45, 2.75) is 46.1 Å². The summed E-state index contributed by atoms with van der Waals surface area (Å²) in [5, 5.41) is 10.5. The van der Waals surface area contributed by atoms with Crippen LogP contribution >= 0.6 is 0 Å². The SMILES string of the molecule is CC1=C[C@H](O)[C@@H]2C(C)(C)CCC[C@@]23C(=O)OC[C@@H]13. The van der Waals surface area contributed by atoms with Crippen LogP contribution in [0.25, 0.3) is 0 Å². The third-order valence-corrected chi connectivity index (χ3v) is 5.52. The van der Waals surface area contributed by atoms with Crippen molar-refractivity contribution in [3.63, 3.8) is 0 Å². The number of hydrogen-bond donors (Lipinski definition) is 1. The summed E-state index contributed by atoms with van der Waals surface area (Å²) in [6.45, 7) is 6.88. The van der Waals surface area contributed by atoms with Crippen molar-refractivity contribution in [3.8, 4) is 0 Å². The van der Waals surface area contributed by atoms with Gasteiger partial charge in [-0.3, -0.25) is 4.79 Å². The van der Waals surface area contributed by atoms with E-state index < -0.39 is 11.5 Å². The zero-order valence-corrected chi connectivity index (χ0v) is 11.4. The molecule has 0 aromatic heterocycles. The normalized spacial score (nSPS) is 45.9. The van der Waals surface area contributed by atoms with Crippen LogP contribution in [0.15, 0.2) is 11.6 Å². The van der Waals surface area contributed by atoms with Crippen LogP contribution in [0.3, 0.4) is 0 Å². The van der Waals surface area contributed by atoms with Gasteiger partial charge < -0.3 is 9.84 Å². The van der Waals surface area contributed by atoms with E-state index in [4.69, 9.17) is 4.74 Å². The van der Waals surface area contributed by atoms with Crippen molar-refractivity contribution >= 4 is 5.97 Å². The Morgan fingerprint density at radius 2 is 2.11 bits per heavy atom. The molecule has 3 heteroatoms. The Labute approximate surface area is 108 Å². The number of esters is 1. The summed E-state index contributed by atoms with van der Waals surface area (Å²) < 4.78 is 5.38. The molecule has 3 rings (SSSR count). The maximum atomic E-state index is 12.4. The lowest BCUT2D eigenvalue weighted by Gasteiger charge is -2.54. The third-order valence-electron chi connectivity index (χ3n) is 5.52. The van der Waals surface area contributed by atoms with Gasteiger partial charge in [0.1, 0.15) is 0 Å². The van der Waals surface area contributed by atoms with Crippen LogP contribution in [0.2, 0.25) is 0 Å². The molecule has 18 heavy (non-hydrogen) atoms. The number of aliphatic hydroxyl groups is 1. The highest BCUT2D eigenvalue weighted by Crippen LogP contribution is 2.62. The summed E-state index contributed by atoms with van der Waals surface area (Å²) in [5.41, 5.74) is 0.665. The van der Waals surface area contributed by atoms with Gasteiger partial charge >= 0.3 is 5.97 Å². The smallest absolute Gasteiger partial charge is 0.313 e. The number of carbonyl (C=O) groups excluding carboxylic acids is 1. The maximum Gasteiger partial charge on any atom is 0.313 e. The van der Waals surface area contributed by atoms with Gasteiger partial charge in [-0.05, 0) is 25.2 Å². The molecule has 1 aliphatic heterocycles. The standard InChI is InChI=1S/C15H22O3/c1-9-7-11(16)12-14(2,3)5-4-6-15(12)10(9)8-18-13(15)17/h7,10-12,16H,4-6,8H2,1-3H3/t10-,11-,12+,15-/m0/s1. The van der Waals surface area contributed by atoms with Crippen LogP contribution in [-0.4, -0.2) is 23.8 Å². The predicted molar refractivity (Wildman–Crippen MR) is 67.8 cm³/mol. The summed E-state index contributed by atoms with van der Waals surface area (Å²) in [6, 6.07) is 0. The molecule has 1 saturated heterocycles. The second-order valence-electron chi connectivity index (χ2n) is 6.91. The first-order valence-electron chi connectivity index (χ1n) is 6.93. The highest BCUT2D eigenvalue weighted by Gasteiger charge is 2.65. The van der Waals surface area contributed by atoms with Crippen LogP contribution < -0.4 is 0 Å². The van der Waals surface area contributed by atoms with Gasteiger partial charge in [-0.25, -0.2) is 0 Å². The number of carbonyl (C=O) groups is 1. The molecule has 0 bridgehead atoms. The highest BCUT2D eigenvalue weighted by atomic mass is 16.5. The lowest BCUT2D eigenvalue weighted by atomic mass is 9.48. The molecule has 2 aliphatic carbocycles. The van der Waals surface area contributed by atoms with E-state index in [0.29, 0.717) is 6.61 Å². The quantitative estimate of drug-likeness (QED) is 0.530. The Balaban J connectivity index is 2.17. The van der Waals surface area contributed by atoms with Crippen molar-refractivity contribution in [2.24, 2.45) is 22.7 Å². The topological polar surface area (TPSA) is 46.5 Å². The molecule has 1 saturated carbocycles. The van der Waals surface area contributed by atoms with Crippen LogP contribution in [0.1, 0.15) is 40.0 Å². The molecule has 3 aliphatic rings. The average molecular weight is 250 g/mol. The van der Waals surface area contributed by atoms with E-state index in [1.54, 1.807) is 0 Å². The number of rotatable bonds is 0. The van der Waals surface area contributed by atoms with E-state index in [2.05, 4.69) is 13.8 Å². The summed E-state index contributed by atoms with van der Waals surface area (Å²) in [7, 11) is 0. The van der Waals surface area contributed by atoms with Crippen LogP contribution in [0.4, 0.5) is 0 Å². The van der Waals surface area contributed by atoms with Crippen molar-refractivity contribution in [3.05, 3.63) is 11.6 Å². The van der Waals surface area contributed by atoms with Crippen molar-refractivity contribution in [2.75, 3.05) is 6.61 Å². The number of ether oxygens (including phenoxy) is 1. The fourth-order valence-corrected chi connectivity index (χ4v) is 4.84. The number of aliphatic hydroxyl groups excluding tert-OH is 1. The molecular weight excluding hydrogens is 228 g/mol. The molecule has 1 heterocycles. The first-order chi connectivity index (χ1) is 8.39. The molecular formula is C15H22O3. The summed E-state index contributed by atoms with van der Waals surface area (Å²) in [6.07, 6.45) is 4.43. The van der Waals surface area contributed by atoms with Crippen LogP contribution in [-0.2, 0) is 9.53 Å². The molecule has 1 N–H and O–H groups in total. The molecule has 0 amide bonds. The van der Waals surface area contributed by atoms with E-state index in [9.17, 15) is 9.90 Å². The maximum absolute atomic E-state index is 12.4. The molecule has 0 aromatic carbocycles. The summed E-state index contributed by atoms with van der Waals surface area (Å²) in [5.74, 6) is 0.109. The zero-order valence-electron chi connectivity index (χ0n) is 11.4. The molecule has 0 unspecified atom stereocenters. The van der Waals surface area contributed by atoms with Gasteiger partial charge in [0.25, 0.3) is 0 Å². The van der Waals surface area contributed by atoms with Crippen LogP contribution in [0, 0.1) is 22.7 Å². The average Bonchev–Trinajstić information content (AvgIpc) is 2.55. The van der Waals surface area contributed by atoms with Gasteiger partial charge in [-0.2, -0.15) is 0 Å². The second kappa shape index (κ2) is 3.60. The highest BCUT2D eigenvalue weighted by molar-refractivity contribution is 5.81. The van der Waals surface area contributed by atoms with E-state index in [1.807, 2.05) is 13.0 Å². The second-order valence-corrected chi connectivity index (χ2v) is 6.91. The van der Waals surface area contributed by atoms with E-state index in [-0.39, 0.29) is 23.2 Å². The molecule has 4 atom stereocenters. The van der Waals surface area contributed by atoms with Gasteiger partial charge in [0, 0.05) is 11.8 Å². The van der Waals surface area contributed by atoms with E-state index in [0.717, 1.165) is 24.8 Å². The predicted octanol–water partition coefficient (Wildman–Crippen LogP) is 2.29. The van der Waals surface area contributed by atoms with E-state index >= 15 is 0 Å². The van der Waals surface area contributed by atoms with Crippen LogP contribution in [0.5, 0.6) is 0 Å². The fourth-order valence-electron chi connectivity index (χ4n) is 4.84. The molecule has 100 valence electrons. The van der Waals surface area contributed by atoms with Gasteiger partial charge in [-0.15, -0.1) is 0 Å². The van der Waals surface area contributed by atoms with Gasteiger partial charge in [0.2, 0.25) is 0 Å². The minimum atomic E-state index is -0.512. The Morgan fingerprint density at radius 3 is 2.83 bits per heavy atom. The lowest BCUT2D eigenvalue weighted by molar-refractivity contribution is -0.163.